The highest BCUT2D eigenvalue weighted by molar-refractivity contribution is 7.45. The van der Waals surface area contributed by atoms with Crippen molar-refractivity contribution in [1.82, 2.24) is 0 Å². The van der Waals surface area contributed by atoms with Gasteiger partial charge in [-0.15, -0.1) is 0 Å². The van der Waals surface area contributed by atoms with Gasteiger partial charge in [0.15, 0.2) is 6.10 Å². The van der Waals surface area contributed by atoms with E-state index in [0.29, 0.717) is 17.4 Å². The summed E-state index contributed by atoms with van der Waals surface area (Å²) in [6.45, 7) is 4.30. The Morgan fingerprint density at radius 2 is 0.652 bits per heavy atom. The minimum Gasteiger partial charge on any atom is -0.756 e. The molecule has 0 aromatic heterocycles. The number of unbranched alkanes of at least 4 members (excludes halogenated alkanes) is 43. The zero-order chi connectivity index (χ0) is 50.6. The Hall–Kier alpha value is -0.990. The van der Waals surface area contributed by atoms with E-state index < -0.39 is 26.5 Å². The highest BCUT2D eigenvalue weighted by Gasteiger charge is 2.22. The van der Waals surface area contributed by atoms with Crippen molar-refractivity contribution in [1.29, 1.82) is 0 Å². The summed E-state index contributed by atoms with van der Waals surface area (Å²) in [7, 11) is 1.19. The maximum Gasteiger partial charge on any atom is 0.306 e. The lowest BCUT2D eigenvalue weighted by atomic mass is 10.0. The predicted molar refractivity (Wildman–Crippen MR) is 292 cm³/mol. The van der Waals surface area contributed by atoms with Gasteiger partial charge in [-0.25, -0.2) is 0 Å². The van der Waals surface area contributed by atoms with Crippen LogP contribution in [0.3, 0.4) is 0 Å². The molecule has 69 heavy (non-hydrogen) atoms. The molecule has 0 aliphatic carbocycles. The number of quaternary nitrogens is 1. The first-order valence-electron chi connectivity index (χ1n) is 30.2. The second-order valence-electron chi connectivity index (χ2n) is 22.1. The van der Waals surface area contributed by atoms with Gasteiger partial charge in [0.25, 0.3) is 7.82 Å². The number of hydrogen-bond donors (Lipinski definition) is 0. The lowest BCUT2D eigenvalue weighted by Gasteiger charge is -2.28. The maximum atomic E-state index is 12.8. The van der Waals surface area contributed by atoms with Crippen molar-refractivity contribution in [3.8, 4) is 0 Å². The van der Waals surface area contributed by atoms with Crippen LogP contribution in [0.5, 0.6) is 0 Å². The summed E-state index contributed by atoms with van der Waals surface area (Å²) in [5.74, 6) is -0.812. The first kappa shape index (κ1) is 68.0. The first-order valence-corrected chi connectivity index (χ1v) is 31.7. The summed E-state index contributed by atoms with van der Waals surface area (Å²) in [5.41, 5.74) is 0. The van der Waals surface area contributed by atoms with E-state index in [1.54, 1.807) is 0 Å². The number of ether oxygens (including phenoxy) is 2. The van der Waals surface area contributed by atoms with Crippen LogP contribution in [-0.4, -0.2) is 70.0 Å². The minimum absolute atomic E-state index is 0.0252. The summed E-state index contributed by atoms with van der Waals surface area (Å²) in [6, 6.07) is 0. The third kappa shape index (κ3) is 56.2. The lowest BCUT2D eigenvalue weighted by Crippen LogP contribution is -2.37. The van der Waals surface area contributed by atoms with Crippen LogP contribution in [0.25, 0.3) is 0 Å². The van der Waals surface area contributed by atoms with E-state index in [1.165, 1.54) is 250 Å². The molecule has 0 heterocycles. The van der Waals surface area contributed by atoms with Gasteiger partial charge in [-0.1, -0.05) is 290 Å². The number of esters is 2. The van der Waals surface area contributed by atoms with Crippen molar-refractivity contribution < 1.29 is 42.1 Å². The predicted octanol–water partition coefficient (Wildman–Crippen LogP) is 18.0. The van der Waals surface area contributed by atoms with E-state index in [9.17, 15) is 19.0 Å². The summed E-state index contributed by atoms with van der Waals surface area (Å²) in [4.78, 5) is 37.8. The van der Waals surface area contributed by atoms with Crippen LogP contribution in [0.15, 0.2) is 0 Å². The van der Waals surface area contributed by atoms with Gasteiger partial charge >= 0.3 is 11.9 Å². The molecule has 0 N–H and O–H groups in total. The Balaban J connectivity index is 3.94. The van der Waals surface area contributed by atoms with Crippen molar-refractivity contribution in [2.75, 3.05) is 47.5 Å². The molecular weight excluding hydrogens is 882 g/mol. The van der Waals surface area contributed by atoms with Gasteiger partial charge in [0.05, 0.1) is 27.7 Å². The average molecular weight is 1000 g/mol. The molecule has 0 spiro atoms. The van der Waals surface area contributed by atoms with Gasteiger partial charge in [-0.2, -0.15) is 0 Å². The monoisotopic (exact) mass is 1000 g/mol. The molecule has 0 bridgehead atoms. The summed E-state index contributed by atoms with van der Waals surface area (Å²) >= 11 is 0. The van der Waals surface area contributed by atoms with Crippen LogP contribution in [0.2, 0.25) is 0 Å². The molecule has 0 radical (unpaired) electrons. The maximum absolute atomic E-state index is 12.8. The molecule has 0 rings (SSSR count). The third-order valence-corrected chi connectivity index (χ3v) is 14.8. The largest absolute Gasteiger partial charge is 0.756 e. The fourth-order valence-corrected chi connectivity index (χ4v) is 9.92. The molecule has 0 aromatic carbocycles. The minimum atomic E-state index is -4.62. The standard InChI is InChI=1S/C59H118NO8P/c1-6-8-10-12-14-16-18-20-21-22-23-24-25-26-27-28-29-30-31-32-33-34-35-36-37-38-40-42-44-46-48-50-52-59(62)68-57(56-67-69(63,64)66-54-53-60(3,4)5)55-65-58(61)51-49-47-45-43-41-39-19-17-15-13-11-9-7-2/h57H,6-56H2,1-5H3. The molecule has 0 fully saturated rings. The molecule has 9 nitrogen and oxygen atoms in total. The van der Waals surface area contributed by atoms with E-state index in [2.05, 4.69) is 13.8 Å². The molecule has 0 aromatic rings. The highest BCUT2D eigenvalue weighted by atomic mass is 31.2. The Kier molecular flexibility index (Phi) is 51.1. The Morgan fingerprint density at radius 1 is 0.391 bits per heavy atom. The number of nitrogens with zero attached hydrogens (tertiary/aromatic N) is 1. The number of likely N-dealkylation sites (N-methyl/N-ethyl adjacent to an activating group) is 1. The molecule has 0 aliphatic heterocycles. The fourth-order valence-electron chi connectivity index (χ4n) is 9.19. The quantitative estimate of drug-likeness (QED) is 0.0256. The molecule has 10 heteroatoms. The molecule has 0 aliphatic rings. The zero-order valence-corrected chi connectivity index (χ0v) is 47.7. The fraction of sp³-hybridized carbons (Fsp3) is 0.966. The molecule has 0 amide bonds. The van der Waals surface area contributed by atoms with Gasteiger partial charge in [0.2, 0.25) is 0 Å². The number of hydrogen-bond acceptors (Lipinski definition) is 8. The average Bonchev–Trinajstić information content (AvgIpc) is 3.31. The lowest BCUT2D eigenvalue weighted by molar-refractivity contribution is -0.870. The van der Waals surface area contributed by atoms with Crippen LogP contribution >= 0.6 is 7.82 Å². The number of carbonyl (C=O) groups is 2. The van der Waals surface area contributed by atoms with E-state index in [4.69, 9.17) is 18.5 Å². The van der Waals surface area contributed by atoms with Crippen LogP contribution in [0.4, 0.5) is 0 Å². The van der Waals surface area contributed by atoms with E-state index in [0.717, 1.165) is 32.1 Å². The molecule has 0 saturated carbocycles. The number of phosphoric acid groups is 1. The van der Waals surface area contributed by atoms with Crippen LogP contribution in [-0.2, 0) is 32.7 Å². The van der Waals surface area contributed by atoms with Crippen LogP contribution in [0, 0.1) is 0 Å². The van der Waals surface area contributed by atoms with Gasteiger partial charge < -0.3 is 27.9 Å². The SMILES string of the molecule is CCCCCCCCCCCCCCCCCCCCCCCCCCCCCCCCCCC(=O)OC(COC(=O)CCCCCCCCCCCCCCC)COP(=O)([O-])OCC[N+](C)(C)C. The van der Waals surface area contributed by atoms with E-state index in [1.807, 2.05) is 21.1 Å². The molecular formula is C59H118NO8P. The zero-order valence-electron chi connectivity index (χ0n) is 46.8. The third-order valence-electron chi connectivity index (χ3n) is 13.9. The van der Waals surface area contributed by atoms with Crippen molar-refractivity contribution >= 4 is 19.8 Å². The highest BCUT2D eigenvalue weighted by Crippen LogP contribution is 2.38. The van der Waals surface area contributed by atoms with Crippen molar-refractivity contribution in [2.24, 2.45) is 0 Å². The summed E-state index contributed by atoms with van der Waals surface area (Å²) in [6.07, 6.45) is 58.9. The van der Waals surface area contributed by atoms with Crippen LogP contribution in [0.1, 0.15) is 316 Å². The molecule has 0 saturated heterocycles. The molecule has 412 valence electrons. The Labute approximate surface area is 429 Å². The van der Waals surface area contributed by atoms with Crippen molar-refractivity contribution in [3.05, 3.63) is 0 Å². The Morgan fingerprint density at radius 3 is 0.928 bits per heavy atom. The molecule has 2 unspecified atom stereocenters. The van der Waals surface area contributed by atoms with Crippen molar-refractivity contribution in [3.63, 3.8) is 0 Å². The van der Waals surface area contributed by atoms with Crippen molar-refractivity contribution in [2.45, 2.75) is 322 Å². The molecule has 2 atom stereocenters. The number of phosphoric ester groups is 1. The number of carbonyl (C=O) groups excluding carboxylic acids is 2. The topological polar surface area (TPSA) is 111 Å². The second-order valence-corrected chi connectivity index (χ2v) is 23.5. The van der Waals surface area contributed by atoms with E-state index >= 15 is 0 Å². The van der Waals surface area contributed by atoms with Gasteiger partial charge in [-0.05, 0) is 12.8 Å². The van der Waals surface area contributed by atoms with Gasteiger partial charge in [-0.3, -0.25) is 14.2 Å². The Bertz CT molecular complexity index is 1130. The van der Waals surface area contributed by atoms with Crippen LogP contribution < -0.4 is 4.89 Å². The second kappa shape index (κ2) is 51.9. The van der Waals surface area contributed by atoms with Gasteiger partial charge in [0.1, 0.15) is 19.8 Å². The van der Waals surface area contributed by atoms with E-state index in [-0.39, 0.29) is 32.0 Å². The van der Waals surface area contributed by atoms with Gasteiger partial charge in [0, 0.05) is 12.8 Å². The first-order chi connectivity index (χ1) is 33.5. The summed E-state index contributed by atoms with van der Waals surface area (Å²) < 4.78 is 34.1. The normalized spacial score (nSPS) is 13.2. The number of rotatable bonds is 57. The smallest absolute Gasteiger partial charge is 0.306 e. The summed E-state index contributed by atoms with van der Waals surface area (Å²) in [5, 5.41) is 0.